The first-order valence-corrected chi connectivity index (χ1v) is 6.36. The largest absolute Gasteiger partial charge is 0.481 e. The zero-order valence-corrected chi connectivity index (χ0v) is 11.0. The van der Waals surface area contributed by atoms with E-state index >= 15 is 0 Å². The lowest BCUT2D eigenvalue weighted by Crippen LogP contribution is -2.50. The van der Waals surface area contributed by atoms with Gasteiger partial charge in [-0.1, -0.05) is 12.8 Å². The molecule has 1 fully saturated rings. The summed E-state index contributed by atoms with van der Waals surface area (Å²) in [5.41, 5.74) is 4.49. The zero-order chi connectivity index (χ0) is 14.5. The van der Waals surface area contributed by atoms with Gasteiger partial charge in [0.15, 0.2) is 6.04 Å². The van der Waals surface area contributed by atoms with Crippen molar-refractivity contribution in [1.82, 2.24) is 5.32 Å². The van der Waals surface area contributed by atoms with E-state index in [9.17, 15) is 19.5 Å². The summed E-state index contributed by atoms with van der Waals surface area (Å²) in [4.78, 5) is 34.2. The average Bonchev–Trinajstić information content (AvgIpc) is 2.85. The van der Waals surface area contributed by atoms with Crippen molar-refractivity contribution in [1.29, 1.82) is 0 Å². The van der Waals surface area contributed by atoms with Crippen LogP contribution in [0.4, 0.5) is 0 Å². The highest BCUT2D eigenvalue weighted by Gasteiger charge is 2.42. The summed E-state index contributed by atoms with van der Waals surface area (Å²) >= 11 is 0. The molecule has 1 amide bonds. The van der Waals surface area contributed by atoms with Crippen molar-refractivity contribution < 1.29 is 24.2 Å². The number of aliphatic carboxylic acids is 1. The third-order valence-electron chi connectivity index (χ3n) is 3.44. The first kappa shape index (κ1) is 15.4. The van der Waals surface area contributed by atoms with E-state index in [1.54, 1.807) is 6.92 Å². The Morgan fingerprint density at radius 2 is 1.95 bits per heavy atom. The molecule has 1 aliphatic rings. The second kappa shape index (κ2) is 6.51. The van der Waals surface area contributed by atoms with Crippen LogP contribution < -0.4 is 11.1 Å². The van der Waals surface area contributed by atoms with Gasteiger partial charge in [0.25, 0.3) is 0 Å². The second-order valence-electron chi connectivity index (χ2n) is 4.74. The van der Waals surface area contributed by atoms with E-state index in [4.69, 9.17) is 5.73 Å². The smallest absolute Gasteiger partial charge is 0.332 e. The maximum absolute atomic E-state index is 11.7. The molecular weight excluding hydrogens is 252 g/mol. The molecule has 1 rings (SSSR count). The molecule has 0 aliphatic heterocycles. The maximum atomic E-state index is 11.7. The van der Waals surface area contributed by atoms with Gasteiger partial charge in [-0.25, -0.2) is 4.79 Å². The predicted octanol–water partition coefficient (Wildman–Crippen LogP) is -0.362. The van der Waals surface area contributed by atoms with Crippen molar-refractivity contribution in [3.8, 4) is 0 Å². The zero-order valence-electron chi connectivity index (χ0n) is 11.0. The lowest BCUT2D eigenvalue weighted by atomic mass is 9.86. The fraction of sp³-hybridized carbons (Fsp3) is 0.750. The molecule has 0 spiro atoms. The monoisotopic (exact) mass is 272 g/mol. The summed E-state index contributed by atoms with van der Waals surface area (Å²) in [7, 11) is 0. The Hall–Kier alpha value is -1.63. The standard InChI is InChI=1S/C12H20N2O5/c1-2-19-10(16)8(13)9(15)14-7-12(11(17)18)5-3-4-6-12/h8H,2-7,13H2,1H3,(H,14,15)(H,17,18). The van der Waals surface area contributed by atoms with Gasteiger partial charge in [0.05, 0.1) is 12.0 Å². The number of hydrogen-bond acceptors (Lipinski definition) is 5. The van der Waals surface area contributed by atoms with Gasteiger partial charge in [-0.15, -0.1) is 0 Å². The van der Waals surface area contributed by atoms with Gasteiger partial charge in [0.1, 0.15) is 0 Å². The molecule has 0 heterocycles. The number of carbonyl (C=O) groups excluding carboxylic acids is 2. The van der Waals surface area contributed by atoms with Crippen LogP contribution in [-0.4, -0.2) is 42.1 Å². The molecule has 0 saturated heterocycles. The van der Waals surface area contributed by atoms with Crippen LogP contribution in [0, 0.1) is 5.41 Å². The van der Waals surface area contributed by atoms with Crippen LogP contribution in [0.5, 0.6) is 0 Å². The van der Waals surface area contributed by atoms with Crippen LogP contribution >= 0.6 is 0 Å². The summed E-state index contributed by atoms with van der Waals surface area (Å²) in [6.45, 7) is 1.74. The first-order chi connectivity index (χ1) is 8.93. The van der Waals surface area contributed by atoms with E-state index in [0.29, 0.717) is 12.8 Å². The van der Waals surface area contributed by atoms with Crippen molar-refractivity contribution in [2.24, 2.45) is 11.1 Å². The number of ether oxygens (including phenoxy) is 1. The van der Waals surface area contributed by atoms with Gasteiger partial charge in [-0.3, -0.25) is 9.59 Å². The summed E-state index contributed by atoms with van der Waals surface area (Å²) in [6.07, 6.45) is 2.70. The van der Waals surface area contributed by atoms with E-state index < -0.39 is 29.3 Å². The van der Waals surface area contributed by atoms with Crippen LogP contribution in [-0.2, 0) is 19.1 Å². The molecule has 1 saturated carbocycles. The first-order valence-electron chi connectivity index (χ1n) is 6.36. The van der Waals surface area contributed by atoms with Crippen molar-refractivity contribution in [2.45, 2.75) is 38.6 Å². The van der Waals surface area contributed by atoms with E-state index in [2.05, 4.69) is 10.1 Å². The van der Waals surface area contributed by atoms with Gasteiger partial charge in [-0.05, 0) is 19.8 Å². The number of rotatable bonds is 6. The summed E-state index contributed by atoms with van der Waals surface area (Å²) in [5, 5.41) is 11.7. The number of carbonyl (C=O) groups is 3. The number of hydrogen-bond donors (Lipinski definition) is 3. The van der Waals surface area contributed by atoms with Gasteiger partial charge in [-0.2, -0.15) is 0 Å². The highest BCUT2D eigenvalue weighted by molar-refractivity contribution is 6.01. The lowest BCUT2D eigenvalue weighted by Gasteiger charge is -2.24. The Balaban J connectivity index is 2.53. The van der Waals surface area contributed by atoms with Crippen LogP contribution in [0.1, 0.15) is 32.6 Å². The Bertz CT molecular complexity index is 363. The number of esters is 1. The third-order valence-corrected chi connectivity index (χ3v) is 3.44. The van der Waals surface area contributed by atoms with Gasteiger partial charge >= 0.3 is 11.9 Å². The predicted molar refractivity (Wildman–Crippen MR) is 66.2 cm³/mol. The Morgan fingerprint density at radius 1 is 1.37 bits per heavy atom. The fourth-order valence-corrected chi connectivity index (χ4v) is 2.22. The molecule has 108 valence electrons. The minimum atomic E-state index is -1.41. The van der Waals surface area contributed by atoms with Crippen LogP contribution in [0.25, 0.3) is 0 Å². The third kappa shape index (κ3) is 3.66. The van der Waals surface area contributed by atoms with E-state index in [1.165, 1.54) is 0 Å². The number of carboxylic acids is 1. The normalized spacial score (nSPS) is 18.6. The number of amides is 1. The van der Waals surface area contributed by atoms with Crippen molar-refractivity contribution in [3.05, 3.63) is 0 Å². The lowest BCUT2D eigenvalue weighted by molar-refractivity contribution is -0.149. The highest BCUT2D eigenvalue weighted by Crippen LogP contribution is 2.37. The summed E-state index contributed by atoms with van der Waals surface area (Å²) in [6, 6.07) is -1.41. The minimum Gasteiger partial charge on any atom is -0.481 e. The summed E-state index contributed by atoms with van der Waals surface area (Å²) < 4.78 is 4.63. The molecule has 0 aromatic carbocycles. The van der Waals surface area contributed by atoms with E-state index in [0.717, 1.165) is 12.8 Å². The molecule has 0 aromatic heterocycles. The van der Waals surface area contributed by atoms with E-state index in [-0.39, 0.29) is 13.2 Å². The Labute approximate surface area is 111 Å². The maximum Gasteiger partial charge on any atom is 0.332 e. The molecule has 0 aromatic rings. The molecule has 1 aliphatic carbocycles. The van der Waals surface area contributed by atoms with Crippen molar-refractivity contribution in [3.63, 3.8) is 0 Å². The van der Waals surface area contributed by atoms with Gasteiger partial charge in [0, 0.05) is 6.54 Å². The molecule has 1 atom stereocenters. The average molecular weight is 272 g/mol. The molecule has 0 bridgehead atoms. The molecule has 7 heteroatoms. The van der Waals surface area contributed by atoms with E-state index in [1.807, 2.05) is 0 Å². The molecule has 19 heavy (non-hydrogen) atoms. The van der Waals surface area contributed by atoms with Gasteiger partial charge in [0.2, 0.25) is 5.91 Å². The topological polar surface area (TPSA) is 119 Å². The van der Waals surface area contributed by atoms with Crippen LogP contribution in [0.3, 0.4) is 0 Å². The van der Waals surface area contributed by atoms with Crippen molar-refractivity contribution in [2.75, 3.05) is 13.2 Å². The summed E-state index contributed by atoms with van der Waals surface area (Å²) in [5.74, 6) is -2.43. The number of nitrogens with two attached hydrogens (primary N) is 1. The van der Waals surface area contributed by atoms with Crippen LogP contribution in [0.2, 0.25) is 0 Å². The fourth-order valence-electron chi connectivity index (χ4n) is 2.22. The highest BCUT2D eigenvalue weighted by atomic mass is 16.5. The number of carboxylic acid groups (broad SMARTS) is 1. The second-order valence-corrected chi connectivity index (χ2v) is 4.74. The Kier molecular flexibility index (Phi) is 5.29. The quantitative estimate of drug-likeness (QED) is 0.448. The molecule has 7 nitrogen and oxygen atoms in total. The molecule has 0 radical (unpaired) electrons. The Morgan fingerprint density at radius 3 is 2.42 bits per heavy atom. The molecule has 4 N–H and O–H groups in total. The van der Waals surface area contributed by atoms with Crippen LogP contribution in [0.15, 0.2) is 0 Å². The van der Waals surface area contributed by atoms with Crippen molar-refractivity contribution >= 4 is 17.8 Å². The SMILES string of the molecule is CCOC(=O)C(N)C(=O)NCC1(C(=O)O)CCCC1. The number of nitrogens with one attached hydrogen (secondary N) is 1. The van der Waals surface area contributed by atoms with Gasteiger partial charge < -0.3 is 20.9 Å². The minimum absolute atomic E-state index is 0.00568. The molecule has 1 unspecified atom stereocenters. The molecular formula is C12H20N2O5.